The number of nitro benzene ring substituents is 1. The summed E-state index contributed by atoms with van der Waals surface area (Å²) in [6.07, 6.45) is 1.37. The molecule has 4 aromatic rings. The lowest BCUT2D eigenvalue weighted by Crippen LogP contribution is -2.18. The molecule has 0 atom stereocenters. The Morgan fingerprint density at radius 1 is 0.870 bits per heavy atom. The summed E-state index contributed by atoms with van der Waals surface area (Å²) in [4.78, 5) is 24.3. The first-order valence-electron chi connectivity index (χ1n) is 13.4. The summed E-state index contributed by atoms with van der Waals surface area (Å²) in [6, 6.07) is 18.6. The van der Waals surface area contributed by atoms with Gasteiger partial charge in [0.2, 0.25) is 5.75 Å². The Morgan fingerprint density at radius 2 is 1.52 bits per heavy atom. The van der Waals surface area contributed by atoms with Crippen molar-refractivity contribution in [3.8, 4) is 17.2 Å². The van der Waals surface area contributed by atoms with E-state index in [1.807, 2.05) is 0 Å². The standard InChI is InChI=1S/C31H26N2O10S3/c1-19-7-10-21(11-8-19)46(39,40)43-28-14-9-20(15-25(28)33(35)36)16-30-31(34)32-24-13-12-22(17-29(24)44-30)45(37,38)18-23-26(41-2)5-4-6-27(23)42-3/h4-17H,18H2,1-3H3,(H,32,34). The van der Waals surface area contributed by atoms with Gasteiger partial charge in [-0.25, -0.2) is 8.42 Å². The number of nitrogens with one attached hydrogen (secondary N) is 1. The van der Waals surface area contributed by atoms with Gasteiger partial charge in [-0.3, -0.25) is 14.9 Å². The summed E-state index contributed by atoms with van der Waals surface area (Å²) in [6.45, 7) is 1.78. The van der Waals surface area contributed by atoms with Gasteiger partial charge in [0.1, 0.15) is 16.4 Å². The van der Waals surface area contributed by atoms with E-state index in [4.69, 9.17) is 13.7 Å². The van der Waals surface area contributed by atoms with E-state index in [9.17, 15) is 31.7 Å². The molecule has 12 nitrogen and oxygen atoms in total. The van der Waals surface area contributed by atoms with E-state index < -0.39 is 48.0 Å². The molecule has 0 aliphatic carbocycles. The molecular weight excluding hydrogens is 657 g/mol. The van der Waals surface area contributed by atoms with Crippen molar-refractivity contribution < 1.29 is 40.2 Å². The molecule has 1 heterocycles. The van der Waals surface area contributed by atoms with E-state index in [1.165, 1.54) is 56.7 Å². The minimum Gasteiger partial charge on any atom is -0.496 e. The number of benzene rings is 4. The molecule has 0 fully saturated rings. The molecule has 4 aromatic carbocycles. The van der Waals surface area contributed by atoms with Crippen molar-refractivity contribution in [1.82, 2.24) is 0 Å². The highest BCUT2D eigenvalue weighted by molar-refractivity contribution is 8.04. The minimum atomic E-state index is -4.36. The Hall–Kier alpha value is -4.86. The number of fused-ring (bicyclic) bond motifs is 1. The molecule has 0 saturated heterocycles. The SMILES string of the molecule is COc1cccc(OC)c1CS(=O)(=O)c1ccc2c(c1)SC(=Cc1ccc(OS(=O)(=O)c3ccc(C)cc3)c([N+](=O)[O-])c1)C(=O)N2. The quantitative estimate of drug-likeness (QED) is 0.0936. The maximum atomic E-state index is 13.5. The van der Waals surface area contributed by atoms with Crippen molar-refractivity contribution in [2.24, 2.45) is 0 Å². The zero-order valence-corrected chi connectivity index (χ0v) is 27.0. The van der Waals surface area contributed by atoms with E-state index in [0.29, 0.717) is 27.6 Å². The van der Waals surface area contributed by atoms with Crippen LogP contribution in [-0.2, 0) is 30.5 Å². The number of nitrogens with zero attached hydrogens (tertiary/aromatic N) is 1. The van der Waals surface area contributed by atoms with Gasteiger partial charge in [0.05, 0.1) is 45.9 Å². The molecular formula is C31H26N2O10S3. The Balaban J connectivity index is 1.43. The van der Waals surface area contributed by atoms with Crippen molar-refractivity contribution in [3.05, 3.63) is 111 Å². The van der Waals surface area contributed by atoms with Crippen LogP contribution in [-0.4, -0.2) is 41.9 Å². The Labute approximate surface area is 269 Å². The largest absolute Gasteiger partial charge is 0.496 e. The molecule has 0 saturated carbocycles. The molecule has 238 valence electrons. The van der Waals surface area contributed by atoms with Crippen molar-refractivity contribution in [3.63, 3.8) is 0 Å². The van der Waals surface area contributed by atoms with Crippen molar-refractivity contribution in [2.45, 2.75) is 27.4 Å². The molecule has 0 unspecified atom stereocenters. The minimum absolute atomic E-state index is 0.00543. The number of anilines is 1. The fourth-order valence-corrected chi connectivity index (χ4v) is 7.94. The highest BCUT2D eigenvalue weighted by Crippen LogP contribution is 2.42. The summed E-state index contributed by atoms with van der Waals surface area (Å²) in [5.41, 5.74) is 1.14. The molecule has 0 radical (unpaired) electrons. The fourth-order valence-electron chi connectivity index (χ4n) is 4.53. The number of methoxy groups -OCH3 is 2. The maximum Gasteiger partial charge on any atom is 0.339 e. The van der Waals surface area contributed by atoms with Crippen LogP contribution in [0.1, 0.15) is 16.7 Å². The number of amides is 1. The average molecular weight is 683 g/mol. The van der Waals surface area contributed by atoms with Gasteiger partial charge in [-0.1, -0.05) is 41.6 Å². The lowest BCUT2D eigenvalue weighted by atomic mass is 10.1. The first-order chi connectivity index (χ1) is 21.8. The number of carbonyl (C=O) groups is 1. The van der Waals surface area contributed by atoms with Gasteiger partial charge in [0.15, 0.2) is 9.84 Å². The zero-order chi connectivity index (χ0) is 33.2. The van der Waals surface area contributed by atoms with Crippen LogP contribution in [0.5, 0.6) is 17.2 Å². The van der Waals surface area contributed by atoms with Crippen LogP contribution in [0.25, 0.3) is 6.08 Å². The van der Waals surface area contributed by atoms with Gasteiger partial charge in [-0.2, -0.15) is 8.42 Å². The monoisotopic (exact) mass is 682 g/mol. The number of hydrogen-bond donors (Lipinski definition) is 1. The summed E-state index contributed by atoms with van der Waals surface area (Å²) in [7, 11) is -5.41. The van der Waals surface area contributed by atoms with Crippen molar-refractivity contribution >= 4 is 55.1 Å². The van der Waals surface area contributed by atoms with E-state index in [-0.39, 0.29) is 20.3 Å². The Morgan fingerprint density at radius 3 is 2.15 bits per heavy atom. The zero-order valence-electron chi connectivity index (χ0n) is 24.5. The number of aryl methyl sites for hydroxylation is 1. The summed E-state index contributed by atoms with van der Waals surface area (Å²) < 4.78 is 68.2. The molecule has 0 spiro atoms. The van der Waals surface area contributed by atoms with Gasteiger partial charge in [0, 0.05) is 11.0 Å². The van der Waals surface area contributed by atoms with E-state index >= 15 is 0 Å². The molecule has 1 amide bonds. The predicted molar refractivity (Wildman–Crippen MR) is 171 cm³/mol. The van der Waals surface area contributed by atoms with Crippen LogP contribution in [0, 0.1) is 17.0 Å². The van der Waals surface area contributed by atoms with Gasteiger partial charge < -0.3 is 19.0 Å². The smallest absolute Gasteiger partial charge is 0.339 e. The van der Waals surface area contributed by atoms with Crippen LogP contribution >= 0.6 is 11.8 Å². The molecule has 1 aliphatic heterocycles. The molecule has 15 heteroatoms. The molecule has 5 rings (SSSR count). The van der Waals surface area contributed by atoms with E-state index in [2.05, 4.69) is 5.32 Å². The van der Waals surface area contributed by atoms with Crippen LogP contribution in [0.4, 0.5) is 11.4 Å². The highest BCUT2D eigenvalue weighted by atomic mass is 32.2. The second kappa shape index (κ2) is 12.9. The van der Waals surface area contributed by atoms with Crippen LogP contribution in [0.3, 0.4) is 0 Å². The third kappa shape index (κ3) is 6.85. The molecule has 46 heavy (non-hydrogen) atoms. The Kier molecular flexibility index (Phi) is 9.10. The number of ether oxygens (including phenoxy) is 2. The summed E-state index contributed by atoms with van der Waals surface area (Å²) in [5, 5.41) is 14.6. The first-order valence-corrected chi connectivity index (χ1v) is 17.3. The fraction of sp³-hybridized carbons (Fsp3) is 0.129. The van der Waals surface area contributed by atoms with Gasteiger partial charge in [-0.15, -0.1) is 0 Å². The Bertz CT molecular complexity index is 2090. The van der Waals surface area contributed by atoms with E-state index in [1.54, 1.807) is 37.3 Å². The highest BCUT2D eigenvalue weighted by Gasteiger charge is 2.27. The number of rotatable bonds is 10. The molecule has 1 N–H and O–H groups in total. The number of hydrogen-bond acceptors (Lipinski definition) is 11. The third-order valence-electron chi connectivity index (χ3n) is 6.85. The lowest BCUT2D eigenvalue weighted by molar-refractivity contribution is -0.385. The predicted octanol–water partition coefficient (Wildman–Crippen LogP) is 5.75. The second-order valence-corrected chi connectivity index (χ2v) is 14.6. The molecule has 0 aromatic heterocycles. The number of sulfone groups is 1. The summed E-state index contributed by atoms with van der Waals surface area (Å²) in [5.74, 6) is -0.717. The van der Waals surface area contributed by atoms with Crippen LogP contribution in [0.2, 0.25) is 0 Å². The second-order valence-electron chi connectivity index (χ2n) is 9.96. The number of thioether (sulfide) groups is 1. The van der Waals surface area contributed by atoms with Crippen molar-refractivity contribution in [2.75, 3.05) is 19.5 Å². The lowest BCUT2D eigenvalue weighted by Gasteiger charge is -2.20. The topological polar surface area (TPSA) is 168 Å². The van der Waals surface area contributed by atoms with Crippen LogP contribution < -0.4 is 19.0 Å². The van der Waals surface area contributed by atoms with Gasteiger partial charge in [0.25, 0.3) is 5.91 Å². The number of nitro groups is 1. The first kappa shape index (κ1) is 32.5. The summed E-state index contributed by atoms with van der Waals surface area (Å²) >= 11 is 0.977. The van der Waals surface area contributed by atoms with Crippen molar-refractivity contribution in [1.29, 1.82) is 0 Å². The molecule has 1 aliphatic rings. The average Bonchev–Trinajstić information content (AvgIpc) is 3.01. The third-order valence-corrected chi connectivity index (χ3v) is 10.8. The van der Waals surface area contributed by atoms with Gasteiger partial charge in [-0.05, 0) is 67.1 Å². The van der Waals surface area contributed by atoms with Gasteiger partial charge >= 0.3 is 15.8 Å². The maximum absolute atomic E-state index is 13.5. The number of carbonyl (C=O) groups excluding carboxylic acids is 1. The molecule has 0 bridgehead atoms. The van der Waals surface area contributed by atoms with Crippen LogP contribution in [0.15, 0.2) is 98.5 Å². The normalized spacial score (nSPS) is 13.9. The van der Waals surface area contributed by atoms with E-state index in [0.717, 1.165) is 29.5 Å².